The zero-order chi connectivity index (χ0) is 10.1. The van der Waals surface area contributed by atoms with Crippen molar-refractivity contribution in [2.75, 3.05) is 0 Å². The monoisotopic (exact) mass is 210 g/mol. The van der Waals surface area contributed by atoms with Gasteiger partial charge in [-0.05, 0) is 18.8 Å². The van der Waals surface area contributed by atoms with Crippen LogP contribution in [-0.2, 0) is 9.59 Å². The van der Waals surface area contributed by atoms with Gasteiger partial charge in [0.2, 0.25) is 0 Å². The van der Waals surface area contributed by atoms with Crippen molar-refractivity contribution < 1.29 is 19.8 Å². The molecule has 0 radical (unpaired) electrons. The second-order valence-corrected chi connectivity index (χ2v) is 2.35. The van der Waals surface area contributed by atoms with Gasteiger partial charge in [0.1, 0.15) is 0 Å². The Morgan fingerprint density at radius 3 is 1.43 bits per heavy atom. The predicted molar refractivity (Wildman–Crippen MR) is 51.7 cm³/mol. The molecule has 0 aromatic heterocycles. The number of quaternary nitrogens is 2. The molecule has 0 heterocycles. The third-order valence-corrected chi connectivity index (χ3v) is 1.30. The molecule has 0 bridgehead atoms. The van der Waals surface area contributed by atoms with Crippen molar-refractivity contribution >= 4 is 11.9 Å². The smallest absolute Gasteiger partial charge is 0.0442 e. The van der Waals surface area contributed by atoms with Gasteiger partial charge in [0.15, 0.2) is 0 Å². The summed E-state index contributed by atoms with van der Waals surface area (Å²) in [5.41, 5.74) is 0. The van der Waals surface area contributed by atoms with Gasteiger partial charge < -0.3 is 32.1 Å². The number of carboxylic acids is 2. The molecule has 0 aliphatic heterocycles. The number of carbonyl (C=O) groups is 2. The molecule has 6 heteroatoms. The lowest BCUT2D eigenvalue weighted by Gasteiger charge is -2.06. The highest BCUT2D eigenvalue weighted by atomic mass is 16.4. The summed E-state index contributed by atoms with van der Waals surface area (Å²) in [4.78, 5) is 19.1. The number of rotatable bonds is 3. The molecule has 0 aromatic rings. The van der Waals surface area contributed by atoms with Crippen LogP contribution in [0.4, 0.5) is 0 Å². The van der Waals surface area contributed by atoms with Gasteiger partial charge >= 0.3 is 0 Å². The highest BCUT2D eigenvalue weighted by Crippen LogP contribution is 1.95. The summed E-state index contributed by atoms with van der Waals surface area (Å²) < 4.78 is 0. The van der Waals surface area contributed by atoms with Crippen LogP contribution >= 0.6 is 0 Å². The van der Waals surface area contributed by atoms with Crippen LogP contribution in [-0.4, -0.2) is 11.9 Å². The summed E-state index contributed by atoms with van der Waals surface area (Å²) in [6.07, 6.45) is 0.766. The number of hydrogen-bond donors (Lipinski definition) is 2. The molecule has 0 aliphatic carbocycles. The van der Waals surface area contributed by atoms with E-state index in [4.69, 9.17) is 0 Å². The Hall–Kier alpha value is -1.14. The van der Waals surface area contributed by atoms with E-state index in [0.717, 1.165) is 0 Å². The standard InChI is InChI=1S/C5H10O2.C3H6O2.2H3N/c1-3-4(2)5(6)7;1-2-3(4)5;;/h4H,3H2,1-2H3,(H,6,7);2H2,1H3,(H,4,5);2*1H3. The first kappa shape index (κ1) is 23.0. The van der Waals surface area contributed by atoms with Crippen LogP contribution in [0.3, 0.4) is 0 Å². The maximum atomic E-state index is 9.82. The number of aliphatic carboxylic acids is 2. The molecule has 0 aliphatic rings. The van der Waals surface area contributed by atoms with E-state index in [0.29, 0.717) is 6.42 Å². The Morgan fingerprint density at radius 1 is 1.14 bits per heavy atom. The lowest BCUT2D eigenvalue weighted by atomic mass is 10.1. The van der Waals surface area contributed by atoms with E-state index in [-0.39, 0.29) is 24.6 Å². The highest BCUT2D eigenvalue weighted by molar-refractivity contribution is 5.66. The molecule has 88 valence electrons. The van der Waals surface area contributed by atoms with Gasteiger partial charge in [-0.25, -0.2) is 0 Å². The molecule has 1 atom stereocenters. The van der Waals surface area contributed by atoms with Crippen molar-refractivity contribution in [1.82, 2.24) is 12.3 Å². The molecule has 8 N–H and O–H groups in total. The quantitative estimate of drug-likeness (QED) is 0.655. The van der Waals surface area contributed by atoms with Crippen LogP contribution < -0.4 is 22.5 Å². The molecule has 0 saturated carbocycles. The maximum absolute atomic E-state index is 9.82. The lowest BCUT2D eigenvalue weighted by Crippen LogP contribution is -2.28. The molecule has 0 saturated heterocycles. The minimum atomic E-state index is -0.995. The first-order chi connectivity index (χ1) is 5.45. The van der Waals surface area contributed by atoms with Gasteiger partial charge in [0.25, 0.3) is 0 Å². The predicted octanol–water partition coefficient (Wildman–Crippen LogP) is -0.319. The van der Waals surface area contributed by atoms with Crippen LogP contribution in [0.15, 0.2) is 0 Å². The minimum absolute atomic E-state index is 0. The Morgan fingerprint density at radius 2 is 1.43 bits per heavy atom. The van der Waals surface area contributed by atoms with E-state index in [1.165, 1.54) is 6.92 Å². The van der Waals surface area contributed by atoms with E-state index < -0.39 is 11.9 Å². The van der Waals surface area contributed by atoms with E-state index in [9.17, 15) is 19.8 Å². The van der Waals surface area contributed by atoms with Crippen molar-refractivity contribution in [3.63, 3.8) is 0 Å². The topological polar surface area (TPSA) is 153 Å². The molecular weight excluding hydrogens is 188 g/mol. The summed E-state index contributed by atoms with van der Waals surface area (Å²) in [6.45, 7) is 4.99. The maximum Gasteiger partial charge on any atom is 0.0442 e. The first-order valence-corrected chi connectivity index (χ1v) is 3.86. The summed E-state index contributed by atoms with van der Waals surface area (Å²) in [6, 6.07) is 0. The van der Waals surface area contributed by atoms with Crippen LogP contribution in [0.2, 0.25) is 0 Å². The van der Waals surface area contributed by atoms with Crippen LogP contribution in [0, 0.1) is 5.92 Å². The van der Waals surface area contributed by atoms with Crippen LogP contribution in [0.1, 0.15) is 33.6 Å². The van der Waals surface area contributed by atoms with Gasteiger partial charge in [-0.1, -0.05) is 20.8 Å². The summed E-state index contributed by atoms with van der Waals surface area (Å²) in [5.74, 6) is -2.24. The average molecular weight is 210 g/mol. The zero-order valence-corrected chi connectivity index (χ0v) is 9.62. The fourth-order valence-electron chi connectivity index (χ4n) is 0.167. The number of hydrogen-bond acceptors (Lipinski definition) is 4. The normalized spacial score (nSPS) is 9.36. The third kappa shape index (κ3) is 22.4. The Kier molecular flexibility index (Phi) is 23.7. The molecule has 6 nitrogen and oxygen atoms in total. The average Bonchev–Trinajstić information content (AvgIpc) is 2.04. The molecule has 0 fully saturated rings. The molecule has 0 spiro atoms. The second kappa shape index (κ2) is 14.4. The summed E-state index contributed by atoms with van der Waals surface area (Å²) in [7, 11) is 0. The molecule has 14 heavy (non-hydrogen) atoms. The van der Waals surface area contributed by atoms with Gasteiger partial charge in [-0.3, -0.25) is 0 Å². The van der Waals surface area contributed by atoms with Gasteiger partial charge in [0.05, 0.1) is 0 Å². The van der Waals surface area contributed by atoms with E-state index in [2.05, 4.69) is 0 Å². The summed E-state index contributed by atoms with van der Waals surface area (Å²) in [5, 5.41) is 19.1. The van der Waals surface area contributed by atoms with Crippen molar-refractivity contribution in [2.45, 2.75) is 33.6 Å². The van der Waals surface area contributed by atoms with E-state index in [1.54, 1.807) is 6.92 Å². The lowest BCUT2D eigenvalue weighted by molar-refractivity contribution is -0.311. The highest BCUT2D eigenvalue weighted by Gasteiger charge is 1.94. The SMILES string of the molecule is CCC(=O)[O-].CCC(C)C(=O)[O-].[NH4+].[NH4+]. The van der Waals surface area contributed by atoms with E-state index in [1.807, 2.05) is 6.92 Å². The molecule has 0 rings (SSSR count). The zero-order valence-electron chi connectivity index (χ0n) is 9.62. The van der Waals surface area contributed by atoms with Crippen molar-refractivity contribution in [3.05, 3.63) is 0 Å². The molecule has 0 amide bonds. The molecule has 0 aromatic carbocycles. The minimum Gasteiger partial charge on any atom is -0.550 e. The number of carbonyl (C=O) groups excluding carboxylic acids is 2. The second-order valence-electron chi connectivity index (χ2n) is 2.35. The largest absolute Gasteiger partial charge is 0.550 e. The molecular formula is C8H22N2O4. The van der Waals surface area contributed by atoms with Gasteiger partial charge in [0, 0.05) is 11.9 Å². The van der Waals surface area contributed by atoms with E-state index >= 15 is 0 Å². The number of carboxylic acid groups (broad SMARTS) is 2. The van der Waals surface area contributed by atoms with Crippen molar-refractivity contribution in [1.29, 1.82) is 0 Å². The Labute approximate surface area is 84.5 Å². The Balaban J connectivity index is -0.0000000651. The van der Waals surface area contributed by atoms with Crippen LogP contribution in [0.25, 0.3) is 0 Å². The summed E-state index contributed by atoms with van der Waals surface area (Å²) >= 11 is 0. The molecule has 1 unspecified atom stereocenters. The Bertz CT molecular complexity index is 150. The first-order valence-electron chi connectivity index (χ1n) is 3.86. The van der Waals surface area contributed by atoms with Gasteiger partial charge in [-0.15, -0.1) is 0 Å². The van der Waals surface area contributed by atoms with Crippen molar-refractivity contribution in [3.8, 4) is 0 Å². The van der Waals surface area contributed by atoms with Crippen molar-refractivity contribution in [2.24, 2.45) is 5.92 Å². The van der Waals surface area contributed by atoms with Crippen LogP contribution in [0.5, 0.6) is 0 Å². The van der Waals surface area contributed by atoms with Gasteiger partial charge in [-0.2, -0.15) is 0 Å². The fourth-order valence-corrected chi connectivity index (χ4v) is 0.167. The fraction of sp³-hybridized carbons (Fsp3) is 0.750. The third-order valence-electron chi connectivity index (χ3n) is 1.30.